The first-order valence-corrected chi connectivity index (χ1v) is 8.99. The van der Waals surface area contributed by atoms with Crippen molar-refractivity contribution in [2.45, 2.75) is 26.3 Å². The Bertz CT molecular complexity index is 1250. The maximum atomic E-state index is 13.0. The van der Waals surface area contributed by atoms with Gasteiger partial charge in [0.05, 0.1) is 11.8 Å². The third-order valence-electron chi connectivity index (χ3n) is 5.05. The Balaban J connectivity index is 2.13. The summed E-state index contributed by atoms with van der Waals surface area (Å²) in [5.74, 6) is -0.0892. The van der Waals surface area contributed by atoms with Crippen molar-refractivity contribution in [3.05, 3.63) is 56.7 Å². The number of anilines is 1. The average molecular weight is 380 g/mol. The number of hydrogen-bond donors (Lipinski definition) is 0. The van der Waals surface area contributed by atoms with E-state index in [1.165, 1.54) is 23.5 Å². The number of hydrazone groups is 1. The molecule has 144 valence electrons. The number of aryl methyl sites for hydroxylation is 1. The van der Waals surface area contributed by atoms with Crippen LogP contribution in [-0.4, -0.2) is 30.3 Å². The van der Waals surface area contributed by atoms with Crippen molar-refractivity contribution < 1.29 is 4.79 Å². The number of aromatic nitrogens is 4. The number of benzene rings is 1. The van der Waals surface area contributed by atoms with Crippen molar-refractivity contribution in [1.82, 2.24) is 18.7 Å². The third-order valence-corrected chi connectivity index (χ3v) is 5.05. The molecule has 3 heterocycles. The van der Waals surface area contributed by atoms with Crippen LogP contribution >= 0.6 is 0 Å². The van der Waals surface area contributed by atoms with E-state index in [2.05, 4.69) is 10.1 Å². The third kappa shape index (κ3) is 2.35. The van der Waals surface area contributed by atoms with Gasteiger partial charge >= 0.3 is 5.69 Å². The van der Waals surface area contributed by atoms with Crippen LogP contribution in [0.5, 0.6) is 0 Å². The molecule has 9 nitrogen and oxygen atoms in total. The minimum atomic E-state index is -0.473. The van der Waals surface area contributed by atoms with E-state index >= 15 is 0 Å². The lowest BCUT2D eigenvalue weighted by Gasteiger charge is -2.30. The highest BCUT2D eigenvalue weighted by Gasteiger charge is 2.35. The largest absolute Gasteiger partial charge is 0.332 e. The van der Waals surface area contributed by atoms with Crippen molar-refractivity contribution >= 4 is 28.7 Å². The van der Waals surface area contributed by atoms with Gasteiger partial charge in [-0.2, -0.15) is 15.1 Å². The summed E-state index contributed by atoms with van der Waals surface area (Å²) in [6.45, 7) is 3.37. The Hall–Kier alpha value is -3.49. The monoisotopic (exact) mass is 380 g/mol. The SMILES string of the molecule is CC[C@@H]1C(c2ccccc2)=NN(C(C)=O)c2nc3c(c(=O)n(C)c(=O)n3C)n21. The van der Waals surface area contributed by atoms with Gasteiger partial charge in [0.1, 0.15) is 0 Å². The lowest BCUT2D eigenvalue weighted by molar-refractivity contribution is -0.116. The molecule has 0 saturated carbocycles. The minimum absolute atomic E-state index is 0.234. The van der Waals surface area contributed by atoms with E-state index in [-0.39, 0.29) is 29.1 Å². The summed E-state index contributed by atoms with van der Waals surface area (Å²) in [7, 11) is 2.99. The summed E-state index contributed by atoms with van der Waals surface area (Å²) in [6, 6.07) is 9.22. The Morgan fingerprint density at radius 3 is 2.39 bits per heavy atom. The summed E-state index contributed by atoms with van der Waals surface area (Å²) in [4.78, 5) is 42.1. The van der Waals surface area contributed by atoms with Crippen molar-refractivity contribution in [3.63, 3.8) is 0 Å². The van der Waals surface area contributed by atoms with Crippen molar-refractivity contribution in [2.75, 3.05) is 5.01 Å². The molecule has 0 aliphatic carbocycles. The zero-order valence-electron chi connectivity index (χ0n) is 16.1. The van der Waals surface area contributed by atoms with Crippen LogP contribution in [0.3, 0.4) is 0 Å². The lowest BCUT2D eigenvalue weighted by Crippen LogP contribution is -2.40. The molecule has 9 heteroatoms. The molecule has 1 aliphatic heterocycles. The van der Waals surface area contributed by atoms with Crippen molar-refractivity contribution in [2.24, 2.45) is 19.2 Å². The van der Waals surface area contributed by atoms with Crippen LogP contribution in [0.1, 0.15) is 31.9 Å². The number of rotatable bonds is 2. The predicted octanol–water partition coefficient (Wildman–Crippen LogP) is 1.16. The fourth-order valence-corrected chi connectivity index (χ4v) is 3.64. The molecular weight excluding hydrogens is 360 g/mol. The van der Waals surface area contributed by atoms with Gasteiger partial charge in [0.2, 0.25) is 11.9 Å². The highest BCUT2D eigenvalue weighted by atomic mass is 16.2. The van der Waals surface area contributed by atoms with Gasteiger partial charge in [-0.25, -0.2) is 4.79 Å². The van der Waals surface area contributed by atoms with Gasteiger partial charge < -0.3 is 0 Å². The van der Waals surface area contributed by atoms with Crippen molar-refractivity contribution in [3.8, 4) is 0 Å². The van der Waals surface area contributed by atoms with Crippen LogP contribution in [0.4, 0.5) is 5.95 Å². The number of amides is 1. The van der Waals surface area contributed by atoms with Crippen LogP contribution in [0, 0.1) is 0 Å². The number of hydrogen-bond acceptors (Lipinski definition) is 5. The van der Waals surface area contributed by atoms with Crippen molar-refractivity contribution in [1.29, 1.82) is 0 Å². The number of fused-ring (bicyclic) bond motifs is 3. The van der Waals surface area contributed by atoms with Crippen LogP contribution < -0.4 is 16.3 Å². The standard InChI is InChI=1S/C19H20N6O3/c1-5-13-14(12-9-7-6-8-10-12)21-25(11(2)26)18-20-16-15(24(13)18)17(27)23(4)19(28)22(16)3/h6-10,13H,5H2,1-4H3/t13-/m1/s1. The fourth-order valence-electron chi connectivity index (χ4n) is 3.64. The zero-order valence-corrected chi connectivity index (χ0v) is 16.1. The predicted molar refractivity (Wildman–Crippen MR) is 106 cm³/mol. The van der Waals surface area contributed by atoms with E-state index in [0.29, 0.717) is 12.1 Å². The van der Waals surface area contributed by atoms with E-state index in [9.17, 15) is 14.4 Å². The first-order valence-electron chi connectivity index (χ1n) is 8.99. The molecule has 0 fully saturated rings. The maximum Gasteiger partial charge on any atom is 0.332 e. The first kappa shape index (κ1) is 17.9. The second-order valence-corrected chi connectivity index (χ2v) is 6.77. The molecule has 0 bridgehead atoms. The number of carbonyl (C=O) groups is 1. The zero-order chi connectivity index (χ0) is 20.2. The van der Waals surface area contributed by atoms with Gasteiger partial charge in [0.25, 0.3) is 5.56 Å². The first-order chi connectivity index (χ1) is 13.4. The van der Waals surface area contributed by atoms with Gasteiger partial charge in [-0.05, 0) is 12.0 Å². The van der Waals surface area contributed by atoms with Gasteiger partial charge in [-0.1, -0.05) is 37.3 Å². The Labute approximate surface area is 160 Å². The molecule has 1 aromatic carbocycles. The van der Waals surface area contributed by atoms with Crippen LogP contribution in [0.2, 0.25) is 0 Å². The number of imidazole rings is 1. The summed E-state index contributed by atoms with van der Waals surface area (Å²) < 4.78 is 4.10. The van der Waals surface area contributed by atoms with E-state index in [4.69, 9.17) is 0 Å². The van der Waals surface area contributed by atoms with Crippen LogP contribution in [0.25, 0.3) is 11.2 Å². The second kappa shape index (κ2) is 6.29. The molecular formula is C19H20N6O3. The molecule has 28 heavy (non-hydrogen) atoms. The Morgan fingerprint density at radius 1 is 1.11 bits per heavy atom. The Morgan fingerprint density at radius 2 is 1.79 bits per heavy atom. The summed E-state index contributed by atoms with van der Waals surface area (Å²) in [6.07, 6.45) is 0.629. The van der Waals surface area contributed by atoms with Gasteiger partial charge in [0.15, 0.2) is 11.2 Å². The number of carbonyl (C=O) groups excluding carboxylic acids is 1. The van der Waals surface area contributed by atoms with Crippen LogP contribution in [0.15, 0.2) is 45.0 Å². The van der Waals surface area contributed by atoms with Gasteiger partial charge in [0, 0.05) is 21.0 Å². The molecule has 0 saturated heterocycles. The molecule has 0 radical (unpaired) electrons. The lowest BCUT2D eigenvalue weighted by atomic mass is 10.0. The summed E-state index contributed by atoms with van der Waals surface area (Å²) in [5, 5.41) is 5.76. The maximum absolute atomic E-state index is 13.0. The van der Waals surface area contributed by atoms with E-state index < -0.39 is 11.2 Å². The molecule has 1 aliphatic rings. The number of nitrogens with zero attached hydrogens (tertiary/aromatic N) is 6. The fraction of sp³-hybridized carbons (Fsp3) is 0.316. The molecule has 3 aromatic rings. The van der Waals surface area contributed by atoms with E-state index in [1.807, 2.05) is 37.3 Å². The quantitative estimate of drug-likeness (QED) is 0.667. The smallest absolute Gasteiger partial charge is 0.293 e. The van der Waals surface area contributed by atoms with Gasteiger partial charge in [-0.15, -0.1) is 0 Å². The molecule has 4 rings (SSSR count). The topological polar surface area (TPSA) is 94.5 Å². The summed E-state index contributed by atoms with van der Waals surface area (Å²) in [5.41, 5.74) is 1.11. The van der Waals surface area contributed by atoms with E-state index in [1.54, 1.807) is 11.6 Å². The average Bonchev–Trinajstić information content (AvgIpc) is 3.10. The molecule has 2 aromatic heterocycles. The molecule has 0 unspecified atom stereocenters. The highest BCUT2D eigenvalue weighted by molar-refractivity contribution is 6.08. The Kier molecular flexibility index (Phi) is 4.02. The molecule has 1 amide bonds. The van der Waals surface area contributed by atoms with E-state index in [0.717, 1.165) is 10.1 Å². The van der Waals surface area contributed by atoms with Crippen LogP contribution in [-0.2, 0) is 18.9 Å². The highest BCUT2D eigenvalue weighted by Crippen LogP contribution is 2.33. The summed E-state index contributed by atoms with van der Waals surface area (Å²) >= 11 is 0. The molecule has 1 atom stereocenters. The normalized spacial score (nSPS) is 16.2. The molecule has 0 N–H and O–H groups in total. The second-order valence-electron chi connectivity index (χ2n) is 6.77. The van der Waals surface area contributed by atoms with Gasteiger partial charge in [-0.3, -0.25) is 23.3 Å². The minimum Gasteiger partial charge on any atom is -0.293 e. The molecule has 0 spiro atoms.